The molecule has 0 aliphatic carbocycles. The molecule has 0 aliphatic rings. The van der Waals surface area contributed by atoms with Gasteiger partial charge >= 0.3 is 7.82 Å². The molecule has 2 rings (SSSR count). The van der Waals surface area contributed by atoms with Gasteiger partial charge in [0.05, 0.1) is 12.1 Å². The van der Waals surface area contributed by atoms with Crippen LogP contribution in [-0.4, -0.2) is 41.6 Å². The van der Waals surface area contributed by atoms with Crippen molar-refractivity contribution in [3.8, 4) is 0 Å². The van der Waals surface area contributed by atoms with Crippen LogP contribution in [0.15, 0.2) is 30.5 Å². The molecular weight excluding hydrogens is 303 g/mol. The summed E-state index contributed by atoms with van der Waals surface area (Å²) in [5, 5.41) is 1.14. The maximum Gasteiger partial charge on any atom is 0.473 e. The Bertz CT molecular complexity index is 669. The molecule has 1 unspecified atom stereocenters. The van der Waals surface area contributed by atoms with Crippen LogP contribution in [-0.2, 0) is 26.8 Å². The first-order valence-electron chi connectivity index (χ1n) is 7.26. The van der Waals surface area contributed by atoms with Crippen LogP contribution in [0.4, 0.5) is 0 Å². The third-order valence-corrected chi connectivity index (χ3v) is 4.38. The van der Waals surface area contributed by atoms with Crippen molar-refractivity contribution in [2.75, 3.05) is 27.2 Å². The van der Waals surface area contributed by atoms with Crippen LogP contribution >= 0.6 is 7.82 Å². The summed E-state index contributed by atoms with van der Waals surface area (Å²) < 4.78 is 23.2. The second-order valence-electron chi connectivity index (χ2n) is 5.34. The van der Waals surface area contributed by atoms with Crippen LogP contribution in [0.3, 0.4) is 0 Å². The van der Waals surface area contributed by atoms with E-state index >= 15 is 0 Å². The fourth-order valence-electron chi connectivity index (χ4n) is 2.31. The number of likely N-dealkylation sites (N-methyl/N-ethyl adjacent to an activating group) is 1. The van der Waals surface area contributed by atoms with Crippen LogP contribution < -0.4 is 0 Å². The summed E-state index contributed by atoms with van der Waals surface area (Å²) in [5.74, 6) is 0. The highest BCUT2D eigenvalue weighted by Gasteiger charge is 2.20. The van der Waals surface area contributed by atoms with Crippen molar-refractivity contribution < 1.29 is 18.5 Å². The lowest BCUT2D eigenvalue weighted by atomic mass is 10.1. The first-order chi connectivity index (χ1) is 10.4. The van der Waals surface area contributed by atoms with Gasteiger partial charge in [0.25, 0.3) is 0 Å². The molecule has 0 spiro atoms. The number of benzene rings is 1. The Kier molecular flexibility index (Phi) is 5.78. The van der Waals surface area contributed by atoms with E-state index in [-0.39, 0.29) is 13.3 Å². The van der Waals surface area contributed by atoms with Crippen LogP contribution in [0.2, 0.25) is 0 Å². The van der Waals surface area contributed by atoms with E-state index in [1.54, 1.807) is 6.92 Å². The van der Waals surface area contributed by atoms with Gasteiger partial charge in [-0.25, -0.2) is 4.57 Å². The lowest BCUT2D eigenvalue weighted by Gasteiger charge is -2.12. The van der Waals surface area contributed by atoms with Gasteiger partial charge in [-0.05, 0) is 39.1 Å². The maximum absolute atomic E-state index is 11.6. The molecule has 1 aromatic carbocycles. The third-order valence-electron chi connectivity index (χ3n) is 3.35. The zero-order chi connectivity index (χ0) is 16.2. The second-order valence-corrected chi connectivity index (χ2v) is 6.79. The Morgan fingerprint density at radius 2 is 2.00 bits per heavy atom. The third kappa shape index (κ3) is 4.41. The largest absolute Gasteiger partial charge is 0.473 e. The molecule has 1 N–H and O–H groups in total. The molecule has 1 atom stereocenters. The molecule has 6 nitrogen and oxygen atoms in total. The molecule has 0 saturated carbocycles. The van der Waals surface area contributed by atoms with E-state index in [0.29, 0.717) is 0 Å². The van der Waals surface area contributed by atoms with Gasteiger partial charge < -0.3 is 14.4 Å². The van der Waals surface area contributed by atoms with Crippen LogP contribution in [0.1, 0.15) is 12.5 Å². The van der Waals surface area contributed by atoms with Crippen molar-refractivity contribution in [2.45, 2.75) is 20.1 Å². The zero-order valence-corrected chi connectivity index (χ0v) is 14.1. The Balaban J connectivity index is 2.21. The molecule has 1 aromatic heterocycles. The standard InChI is InChI=1S/C15H23N2O4P/c1-4-20-22(18,19)21-12-17-11-13(9-10-16(2)3)14-7-5-6-8-15(14)17/h5-8,11H,4,9-10,12H2,1-3H3,(H,18,19). The van der Waals surface area contributed by atoms with Gasteiger partial charge in [-0.3, -0.25) is 9.05 Å². The van der Waals surface area contributed by atoms with Gasteiger partial charge in [0.2, 0.25) is 0 Å². The SMILES string of the molecule is CCOP(=O)(O)OCn1cc(CCN(C)C)c2ccccc21. The number of phosphoric acid groups is 1. The molecular formula is C15H23N2O4P. The highest BCUT2D eigenvalue weighted by molar-refractivity contribution is 7.47. The molecule has 7 heteroatoms. The Labute approximate surface area is 130 Å². The minimum atomic E-state index is -3.99. The highest BCUT2D eigenvalue weighted by atomic mass is 31.2. The number of hydrogen-bond donors (Lipinski definition) is 1. The number of nitrogens with zero attached hydrogens (tertiary/aromatic N) is 2. The summed E-state index contributed by atoms with van der Waals surface area (Å²) in [5.41, 5.74) is 2.17. The van der Waals surface area contributed by atoms with E-state index in [0.717, 1.165) is 23.9 Å². The van der Waals surface area contributed by atoms with Crippen molar-refractivity contribution in [1.82, 2.24) is 9.47 Å². The zero-order valence-electron chi connectivity index (χ0n) is 13.2. The number of fused-ring (bicyclic) bond motifs is 1. The molecule has 0 aliphatic heterocycles. The maximum atomic E-state index is 11.6. The topological polar surface area (TPSA) is 63.9 Å². The Hall–Kier alpha value is -1.17. The van der Waals surface area contributed by atoms with E-state index in [2.05, 4.69) is 11.0 Å². The number of aromatic nitrogens is 1. The van der Waals surface area contributed by atoms with Crippen molar-refractivity contribution in [3.05, 3.63) is 36.0 Å². The minimum absolute atomic E-state index is 0.0176. The molecule has 0 bridgehead atoms. The van der Waals surface area contributed by atoms with Crippen molar-refractivity contribution >= 4 is 18.7 Å². The molecule has 2 aromatic rings. The molecule has 122 valence electrons. The highest BCUT2D eigenvalue weighted by Crippen LogP contribution is 2.43. The number of para-hydroxylation sites is 1. The summed E-state index contributed by atoms with van der Waals surface area (Å²) >= 11 is 0. The van der Waals surface area contributed by atoms with Gasteiger partial charge in [0.15, 0.2) is 0 Å². The smallest absolute Gasteiger partial charge is 0.323 e. The first-order valence-corrected chi connectivity index (χ1v) is 8.76. The molecule has 0 saturated heterocycles. The molecule has 0 fully saturated rings. The van der Waals surface area contributed by atoms with Crippen molar-refractivity contribution in [1.29, 1.82) is 0 Å². The fraction of sp³-hybridized carbons (Fsp3) is 0.467. The quantitative estimate of drug-likeness (QED) is 0.756. The summed E-state index contributed by atoms with van der Waals surface area (Å²) in [6.07, 6.45) is 2.88. The lowest BCUT2D eigenvalue weighted by Crippen LogP contribution is -2.14. The number of hydrogen-bond acceptors (Lipinski definition) is 4. The average Bonchev–Trinajstić information content (AvgIpc) is 2.81. The molecule has 22 heavy (non-hydrogen) atoms. The summed E-state index contributed by atoms with van der Waals surface area (Å²) in [7, 11) is 0.0814. The predicted molar refractivity (Wildman–Crippen MR) is 86.7 cm³/mol. The van der Waals surface area contributed by atoms with Crippen molar-refractivity contribution in [2.24, 2.45) is 0 Å². The Morgan fingerprint density at radius 3 is 2.68 bits per heavy atom. The summed E-state index contributed by atoms with van der Waals surface area (Å²) in [6, 6.07) is 7.96. The fourth-order valence-corrected chi connectivity index (χ4v) is 2.98. The van der Waals surface area contributed by atoms with E-state index < -0.39 is 7.82 Å². The van der Waals surface area contributed by atoms with E-state index in [4.69, 9.17) is 9.05 Å². The first kappa shape index (κ1) is 17.2. The monoisotopic (exact) mass is 326 g/mol. The number of phosphoric ester groups is 1. The van der Waals surface area contributed by atoms with E-state index in [1.807, 2.05) is 43.1 Å². The van der Waals surface area contributed by atoms with Gasteiger partial charge in [-0.2, -0.15) is 0 Å². The van der Waals surface area contributed by atoms with Gasteiger partial charge in [0.1, 0.15) is 6.73 Å². The van der Waals surface area contributed by atoms with Crippen LogP contribution in [0, 0.1) is 0 Å². The Morgan fingerprint density at radius 1 is 1.27 bits per heavy atom. The average molecular weight is 326 g/mol. The minimum Gasteiger partial charge on any atom is -0.323 e. The lowest BCUT2D eigenvalue weighted by molar-refractivity contribution is 0.125. The normalized spacial score (nSPS) is 14.6. The van der Waals surface area contributed by atoms with E-state index in [1.165, 1.54) is 5.56 Å². The molecule has 0 radical (unpaired) electrons. The molecule has 1 heterocycles. The van der Waals surface area contributed by atoms with Crippen LogP contribution in [0.5, 0.6) is 0 Å². The predicted octanol–water partition coefficient (Wildman–Crippen LogP) is 2.86. The van der Waals surface area contributed by atoms with Crippen molar-refractivity contribution in [3.63, 3.8) is 0 Å². The van der Waals surface area contributed by atoms with Gasteiger partial charge in [-0.1, -0.05) is 18.2 Å². The van der Waals surface area contributed by atoms with Gasteiger partial charge in [-0.15, -0.1) is 0 Å². The summed E-state index contributed by atoms with van der Waals surface area (Å²) in [6.45, 7) is 2.70. The molecule has 0 amide bonds. The second kappa shape index (κ2) is 7.40. The van der Waals surface area contributed by atoms with Crippen LogP contribution in [0.25, 0.3) is 10.9 Å². The van der Waals surface area contributed by atoms with E-state index in [9.17, 15) is 9.46 Å². The van der Waals surface area contributed by atoms with Gasteiger partial charge in [0, 0.05) is 18.1 Å². The summed E-state index contributed by atoms with van der Waals surface area (Å²) in [4.78, 5) is 11.6. The number of rotatable bonds is 8.